The monoisotopic (exact) mass is 262 g/mol. The first-order valence-electron chi connectivity index (χ1n) is 7.19. The molecule has 0 unspecified atom stereocenters. The molecule has 0 fully saturated rings. The minimum absolute atomic E-state index is 0.0253. The van der Waals surface area contributed by atoms with Crippen LogP contribution in [0, 0.1) is 0 Å². The van der Waals surface area contributed by atoms with Crippen molar-refractivity contribution in [3.05, 3.63) is 35.9 Å². The normalized spacial score (nSPS) is 12.5. The number of hydrogen-bond acceptors (Lipinski definition) is 2. The summed E-state index contributed by atoms with van der Waals surface area (Å²) in [6, 6.07) is 9.23. The van der Waals surface area contributed by atoms with Crippen molar-refractivity contribution in [2.75, 3.05) is 6.54 Å². The van der Waals surface area contributed by atoms with Gasteiger partial charge in [-0.15, -0.1) is 0 Å². The zero-order valence-electron chi connectivity index (χ0n) is 12.3. The van der Waals surface area contributed by atoms with Crippen LogP contribution in [0.4, 0.5) is 0 Å². The topological polar surface area (TPSA) is 46.3 Å². The average molecular weight is 262 g/mol. The fourth-order valence-corrected chi connectivity index (χ4v) is 2.14. The summed E-state index contributed by atoms with van der Waals surface area (Å²) >= 11 is 0. The van der Waals surface area contributed by atoms with E-state index < -0.39 is 6.04 Å². The minimum Gasteiger partial charge on any atom is -0.339 e. The van der Waals surface area contributed by atoms with E-state index in [9.17, 15) is 4.79 Å². The molecule has 1 amide bonds. The molecule has 106 valence electrons. The van der Waals surface area contributed by atoms with E-state index in [2.05, 4.69) is 6.92 Å². The molecule has 19 heavy (non-hydrogen) atoms. The predicted octanol–water partition coefficient (Wildman–Crippen LogP) is 3.11. The molecule has 1 atom stereocenters. The Labute approximate surface area is 116 Å². The van der Waals surface area contributed by atoms with Crippen molar-refractivity contribution < 1.29 is 4.79 Å². The van der Waals surface area contributed by atoms with Crippen molar-refractivity contribution in [2.24, 2.45) is 5.73 Å². The van der Waals surface area contributed by atoms with Crippen LogP contribution in [-0.4, -0.2) is 23.4 Å². The van der Waals surface area contributed by atoms with Crippen LogP contribution >= 0.6 is 0 Å². The van der Waals surface area contributed by atoms with E-state index >= 15 is 0 Å². The largest absolute Gasteiger partial charge is 0.339 e. The van der Waals surface area contributed by atoms with Gasteiger partial charge >= 0.3 is 0 Å². The number of unbranched alkanes of at least 4 members (excludes halogenated alkanes) is 2. The molecule has 0 aliphatic heterocycles. The first-order chi connectivity index (χ1) is 9.07. The molecule has 2 N–H and O–H groups in total. The summed E-state index contributed by atoms with van der Waals surface area (Å²) < 4.78 is 0. The third kappa shape index (κ3) is 4.67. The fraction of sp³-hybridized carbons (Fsp3) is 0.562. The molecule has 3 heteroatoms. The number of amides is 1. The predicted molar refractivity (Wildman–Crippen MR) is 79.7 cm³/mol. The highest BCUT2D eigenvalue weighted by molar-refractivity contribution is 5.83. The lowest BCUT2D eigenvalue weighted by Gasteiger charge is -2.29. The number of carbonyl (C=O) groups excluding carboxylic acids is 1. The van der Waals surface area contributed by atoms with E-state index in [0.717, 1.165) is 31.4 Å². The van der Waals surface area contributed by atoms with Crippen LogP contribution in [0.2, 0.25) is 0 Å². The van der Waals surface area contributed by atoms with Crippen LogP contribution in [0.5, 0.6) is 0 Å². The minimum atomic E-state index is -0.551. The van der Waals surface area contributed by atoms with E-state index in [0.29, 0.717) is 0 Å². The molecule has 0 aromatic heterocycles. The second-order valence-corrected chi connectivity index (χ2v) is 5.22. The first-order valence-corrected chi connectivity index (χ1v) is 7.19. The van der Waals surface area contributed by atoms with Gasteiger partial charge < -0.3 is 10.6 Å². The average Bonchev–Trinajstić information content (AvgIpc) is 2.42. The fourth-order valence-electron chi connectivity index (χ4n) is 2.14. The summed E-state index contributed by atoms with van der Waals surface area (Å²) in [5.74, 6) is 0.0253. The van der Waals surface area contributed by atoms with Crippen LogP contribution in [-0.2, 0) is 4.79 Å². The second-order valence-electron chi connectivity index (χ2n) is 5.22. The van der Waals surface area contributed by atoms with Gasteiger partial charge in [-0.2, -0.15) is 0 Å². The van der Waals surface area contributed by atoms with Crippen molar-refractivity contribution in [3.63, 3.8) is 0 Å². The summed E-state index contributed by atoms with van der Waals surface area (Å²) in [6.45, 7) is 7.05. The van der Waals surface area contributed by atoms with Crippen LogP contribution < -0.4 is 5.73 Å². The highest BCUT2D eigenvalue weighted by Gasteiger charge is 2.23. The zero-order chi connectivity index (χ0) is 14.3. The van der Waals surface area contributed by atoms with E-state index in [4.69, 9.17) is 5.73 Å². The number of hydrogen-bond donors (Lipinski definition) is 1. The van der Waals surface area contributed by atoms with E-state index in [1.54, 1.807) is 0 Å². The zero-order valence-corrected chi connectivity index (χ0v) is 12.3. The lowest BCUT2D eigenvalue weighted by Crippen LogP contribution is -2.43. The number of carbonyl (C=O) groups is 1. The summed E-state index contributed by atoms with van der Waals surface area (Å²) in [7, 11) is 0. The molecule has 1 aromatic carbocycles. The quantitative estimate of drug-likeness (QED) is 0.767. The lowest BCUT2D eigenvalue weighted by atomic mass is 10.1. The van der Waals surface area contributed by atoms with Crippen molar-refractivity contribution in [2.45, 2.75) is 52.1 Å². The van der Waals surface area contributed by atoms with Gasteiger partial charge in [0.05, 0.1) is 0 Å². The Morgan fingerprint density at radius 1 is 1.21 bits per heavy atom. The second kappa shape index (κ2) is 7.95. The highest BCUT2D eigenvalue weighted by atomic mass is 16.2. The molecule has 0 saturated heterocycles. The van der Waals surface area contributed by atoms with Crippen LogP contribution in [0.1, 0.15) is 51.6 Å². The Morgan fingerprint density at radius 3 is 2.37 bits per heavy atom. The molecule has 0 heterocycles. The highest BCUT2D eigenvalue weighted by Crippen LogP contribution is 2.15. The maximum atomic E-state index is 12.5. The van der Waals surface area contributed by atoms with Gasteiger partial charge in [0.1, 0.15) is 6.04 Å². The Kier molecular flexibility index (Phi) is 6.57. The lowest BCUT2D eigenvalue weighted by molar-refractivity contribution is -0.134. The molecule has 0 saturated carbocycles. The van der Waals surface area contributed by atoms with Gasteiger partial charge in [0.2, 0.25) is 5.91 Å². The number of rotatable bonds is 7. The molecular formula is C16H26N2O. The summed E-state index contributed by atoms with van der Waals surface area (Å²) in [5, 5.41) is 0. The molecular weight excluding hydrogens is 236 g/mol. The first kappa shape index (κ1) is 15.7. The molecule has 0 spiro atoms. The van der Waals surface area contributed by atoms with Gasteiger partial charge in [-0.05, 0) is 25.8 Å². The van der Waals surface area contributed by atoms with Crippen molar-refractivity contribution in [3.8, 4) is 0 Å². The number of benzene rings is 1. The molecule has 3 nitrogen and oxygen atoms in total. The Hall–Kier alpha value is -1.35. The third-order valence-corrected chi connectivity index (χ3v) is 3.33. The van der Waals surface area contributed by atoms with Gasteiger partial charge in [-0.1, -0.05) is 50.1 Å². The smallest absolute Gasteiger partial charge is 0.244 e. The molecule has 1 rings (SSSR count). The maximum absolute atomic E-state index is 12.5. The third-order valence-electron chi connectivity index (χ3n) is 3.33. The molecule has 1 aromatic rings. The van der Waals surface area contributed by atoms with Gasteiger partial charge in [-0.3, -0.25) is 4.79 Å². The summed E-state index contributed by atoms with van der Waals surface area (Å²) in [4.78, 5) is 14.4. The Bertz CT molecular complexity index is 376. The van der Waals surface area contributed by atoms with E-state index in [-0.39, 0.29) is 11.9 Å². The number of nitrogens with zero attached hydrogens (tertiary/aromatic N) is 1. The molecule has 0 aliphatic rings. The van der Waals surface area contributed by atoms with E-state index in [1.807, 2.05) is 49.1 Å². The van der Waals surface area contributed by atoms with E-state index in [1.165, 1.54) is 0 Å². The van der Waals surface area contributed by atoms with Gasteiger partial charge in [-0.25, -0.2) is 0 Å². The van der Waals surface area contributed by atoms with Gasteiger partial charge in [0, 0.05) is 12.6 Å². The molecule has 0 aliphatic carbocycles. The standard InChI is InChI=1S/C16H26N2O/c1-4-5-9-12-18(13(2)3)16(19)15(17)14-10-7-6-8-11-14/h6-8,10-11,13,15H,4-5,9,12,17H2,1-3H3/t15-/m0/s1. The van der Waals surface area contributed by atoms with Gasteiger partial charge in [0.15, 0.2) is 0 Å². The van der Waals surface area contributed by atoms with Crippen molar-refractivity contribution in [1.29, 1.82) is 0 Å². The number of nitrogens with two attached hydrogens (primary N) is 1. The van der Waals surface area contributed by atoms with Gasteiger partial charge in [0.25, 0.3) is 0 Å². The molecule has 0 radical (unpaired) electrons. The Morgan fingerprint density at radius 2 is 1.84 bits per heavy atom. The van der Waals surface area contributed by atoms with Crippen LogP contribution in [0.25, 0.3) is 0 Å². The van der Waals surface area contributed by atoms with Crippen molar-refractivity contribution >= 4 is 5.91 Å². The SMILES string of the molecule is CCCCCN(C(=O)[C@@H](N)c1ccccc1)C(C)C. The summed E-state index contributed by atoms with van der Waals surface area (Å²) in [6.07, 6.45) is 3.35. The van der Waals surface area contributed by atoms with Crippen LogP contribution in [0.15, 0.2) is 30.3 Å². The molecule has 0 bridgehead atoms. The maximum Gasteiger partial charge on any atom is 0.244 e. The Balaban J connectivity index is 2.70. The van der Waals surface area contributed by atoms with Crippen LogP contribution in [0.3, 0.4) is 0 Å². The summed E-state index contributed by atoms with van der Waals surface area (Å²) in [5.41, 5.74) is 6.97. The van der Waals surface area contributed by atoms with Crippen molar-refractivity contribution in [1.82, 2.24) is 4.90 Å².